The van der Waals surface area contributed by atoms with Gasteiger partial charge in [-0.05, 0) is 17.9 Å². The van der Waals surface area contributed by atoms with Gasteiger partial charge in [-0.1, -0.05) is 62.4 Å². The summed E-state index contributed by atoms with van der Waals surface area (Å²) in [6.07, 6.45) is 1.29. The molecular weight excluding hydrogens is 376 g/mol. The van der Waals surface area contributed by atoms with E-state index >= 15 is 0 Å². The Hall–Kier alpha value is -3.41. The van der Waals surface area contributed by atoms with Gasteiger partial charge in [0.1, 0.15) is 11.8 Å². The van der Waals surface area contributed by atoms with E-state index < -0.39 is 0 Å². The van der Waals surface area contributed by atoms with Crippen molar-refractivity contribution in [1.29, 1.82) is 0 Å². The van der Waals surface area contributed by atoms with Crippen molar-refractivity contribution < 1.29 is 9.53 Å². The second kappa shape index (κ2) is 6.83. The van der Waals surface area contributed by atoms with Gasteiger partial charge < -0.3 is 10.1 Å². The number of para-hydroxylation sites is 1. The highest BCUT2D eigenvalue weighted by Gasteiger charge is 2.42. The highest BCUT2D eigenvalue weighted by atomic mass is 16.5. The molecule has 1 unspecified atom stereocenters. The Bertz CT molecular complexity index is 1160. The number of aromatic nitrogens is 3. The van der Waals surface area contributed by atoms with Crippen LogP contribution in [0.3, 0.4) is 0 Å². The minimum absolute atomic E-state index is 0.0985. The SMILES string of the molecule is COc1ccccc1C1C2=C(CC(C)(C)CC2=O)Nc2nc(-c3ccccc3)nn21. The van der Waals surface area contributed by atoms with Gasteiger partial charge in [0.2, 0.25) is 5.95 Å². The zero-order valence-corrected chi connectivity index (χ0v) is 17.3. The molecule has 0 saturated heterocycles. The third-order valence-electron chi connectivity index (χ3n) is 5.80. The van der Waals surface area contributed by atoms with Gasteiger partial charge in [-0.25, -0.2) is 4.68 Å². The van der Waals surface area contributed by atoms with Crippen LogP contribution in [-0.4, -0.2) is 27.7 Å². The van der Waals surface area contributed by atoms with E-state index in [1.807, 2.05) is 59.3 Å². The summed E-state index contributed by atoms with van der Waals surface area (Å²) < 4.78 is 7.47. The van der Waals surface area contributed by atoms with Crippen molar-refractivity contribution in [2.45, 2.75) is 32.7 Å². The van der Waals surface area contributed by atoms with E-state index in [-0.39, 0.29) is 17.2 Å². The van der Waals surface area contributed by atoms with Crippen LogP contribution in [0.4, 0.5) is 5.95 Å². The summed E-state index contributed by atoms with van der Waals surface area (Å²) in [6.45, 7) is 4.26. The number of nitrogens with one attached hydrogen (secondary N) is 1. The predicted octanol–water partition coefficient (Wildman–Crippen LogP) is 4.61. The number of ether oxygens (including phenoxy) is 1. The summed E-state index contributed by atoms with van der Waals surface area (Å²) >= 11 is 0. The lowest BCUT2D eigenvalue weighted by Gasteiger charge is -2.38. The number of methoxy groups -OCH3 is 1. The fraction of sp³-hybridized carbons (Fsp3) is 0.292. The first kappa shape index (κ1) is 18.6. The third-order valence-corrected chi connectivity index (χ3v) is 5.80. The van der Waals surface area contributed by atoms with Crippen LogP contribution in [0.25, 0.3) is 11.4 Å². The summed E-state index contributed by atoms with van der Waals surface area (Å²) in [5, 5.41) is 8.24. The third kappa shape index (κ3) is 3.00. The monoisotopic (exact) mass is 400 g/mol. The number of ketones is 1. The van der Waals surface area contributed by atoms with Gasteiger partial charge in [-0.15, -0.1) is 5.10 Å². The average molecular weight is 400 g/mol. The van der Waals surface area contributed by atoms with E-state index in [1.54, 1.807) is 7.11 Å². The molecule has 5 rings (SSSR count). The Labute approximate surface area is 175 Å². The van der Waals surface area contributed by atoms with Gasteiger partial charge >= 0.3 is 0 Å². The number of hydrogen-bond donors (Lipinski definition) is 1. The Morgan fingerprint density at radius 3 is 2.57 bits per heavy atom. The number of Topliss-reactive ketones (excluding diaryl/α,β-unsaturated/α-hetero) is 1. The minimum Gasteiger partial charge on any atom is -0.496 e. The largest absolute Gasteiger partial charge is 0.496 e. The van der Waals surface area contributed by atoms with Crippen LogP contribution in [0.5, 0.6) is 5.75 Å². The van der Waals surface area contributed by atoms with Crippen molar-refractivity contribution in [3.63, 3.8) is 0 Å². The Morgan fingerprint density at radius 1 is 1.07 bits per heavy atom. The normalized spacial score (nSPS) is 19.7. The van der Waals surface area contributed by atoms with Crippen molar-refractivity contribution in [3.05, 3.63) is 71.4 Å². The average Bonchev–Trinajstić information content (AvgIpc) is 3.15. The predicted molar refractivity (Wildman–Crippen MR) is 115 cm³/mol. The van der Waals surface area contributed by atoms with Crippen LogP contribution >= 0.6 is 0 Å². The molecule has 6 nitrogen and oxygen atoms in total. The molecule has 0 spiro atoms. The number of carbonyl (C=O) groups is 1. The van der Waals surface area contributed by atoms with Crippen LogP contribution in [0.15, 0.2) is 65.9 Å². The second-order valence-electron chi connectivity index (χ2n) is 8.67. The van der Waals surface area contributed by atoms with E-state index in [2.05, 4.69) is 19.2 Å². The Balaban J connectivity index is 1.72. The molecule has 1 atom stereocenters. The lowest BCUT2D eigenvalue weighted by Crippen LogP contribution is -2.36. The van der Waals surface area contributed by atoms with Gasteiger partial charge in [0.25, 0.3) is 0 Å². The number of fused-ring (bicyclic) bond motifs is 1. The lowest BCUT2D eigenvalue weighted by molar-refractivity contribution is -0.118. The molecule has 1 aliphatic heterocycles. The fourth-order valence-corrected chi connectivity index (χ4v) is 4.50. The Kier molecular flexibility index (Phi) is 4.24. The maximum absolute atomic E-state index is 13.3. The van der Waals surface area contributed by atoms with E-state index in [0.717, 1.165) is 34.6 Å². The molecule has 0 fully saturated rings. The number of anilines is 1. The van der Waals surface area contributed by atoms with E-state index in [1.165, 1.54) is 0 Å². The lowest BCUT2D eigenvalue weighted by atomic mass is 9.73. The van der Waals surface area contributed by atoms with Crippen molar-refractivity contribution in [2.75, 3.05) is 12.4 Å². The smallest absolute Gasteiger partial charge is 0.226 e. The second-order valence-corrected chi connectivity index (χ2v) is 8.67. The number of nitrogens with zero attached hydrogens (tertiary/aromatic N) is 3. The first-order valence-electron chi connectivity index (χ1n) is 10.1. The molecular formula is C24H24N4O2. The number of benzene rings is 2. The summed E-state index contributed by atoms with van der Waals surface area (Å²) in [6, 6.07) is 17.3. The highest BCUT2D eigenvalue weighted by molar-refractivity contribution is 6.00. The summed E-state index contributed by atoms with van der Waals surface area (Å²) in [4.78, 5) is 18.1. The molecule has 0 radical (unpaired) electrons. The van der Waals surface area contributed by atoms with Gasteiger partial charge in [0.05, 0.1) is 7.11 Å². The van der Waals surface area contributed by atoms with Crippen molar-refractivity contribution in [3.8, 4) is 17.1 Å². The van der Waals surface area contributed by atoms with Gasteiger partial charge in [-0.3, -0.25) is 4.79 Å². The zero-order valence-electron chi connectivity index (χ0n) is 17.3. The summed E-state index contributed by atoms with van der Waals surface area (Å²) in [5.41, 5.74) is 3.44. The van der Waals surface area contributed by atoms with Crippen molar-refractivity contribution >= 4 is 11.7 Å². The van der Waals surface area contributed by atoms with Gasteiger partial charge in [0.15, 0.2) is 11.6 Å². The maximum atomic E-state index is 13.3. The van der Waals surface area contributed by atoms with Gasteiger partial charge in [-0.2, -0.15) is 4.98 Å². The van der Waals surface area contributed by atoms with Crippen LogP contribution < -0.4 is 10.1 Å². The number of allylic oxidation sites excluding steroid dienone is 2. The van der Waals surface area contributed by atoms with Crippen LogP contribution in [-0.2, 0) is 4.79 Å². The molecule has 0 bridgehead atoms. The fourth-order valence-electron chi connectivity index (χ4n) is 4.50. The molecule has 0 saturated carbocycles. The number of hydrogen-bond acceptors (Lipinski definition) is 5. The highest BCUT2D eigenvalue weighted by Crippen LogP contribution is 2.47. The first-order chi connectivity index (χ1) is 14.5. The maximum Gasteiger partial charge on any atom is 0.226 e. The molecule has 3 aromatic rings. The molecule has 0 amide bonds. The molecule has 2 aromatic carbocycles. The first-order valence-corrected chi connectivity index (χ1v) is 10.1. The minimum atomic E-state index is -0.374. The van der Waals surface area contributed by atoms with Crippen molar-refractivity contribution in [1.82, 2.24) is 14.8 Å². The van der Waals surface area contributed by atoms with E-state index in [9.17, 15) is 4.79 Å². The zero-order chi connectivity index (χ0) is 20.9. The van der Waals surface area contributed by atoms with Crippen LogP contribution in [0.1, 0.15) is 38.3 Å². The summed E-state index contributed by atoms with van der Waals surface area (Å²) in [5.74, 6) is 2.15. The Morgan fingerprint density at radius 2 is 1.80 bits per heavy atom. The topological polar surface area (TPSA) is 69.0 Å². The quantitative estimate of drug-likeness (QED) is 0.695. The molecule has 2 heterocycles. The van der Waals surface area contributed by atoms with Crippen LogP contribution in [0.2, 0.25) is 0 Å². The number of rotatable bonds is 3. The van der Waals surface area contributed by atoms with E-state index in [0.29, 0.717) is 18.2 Å². The van der Waals surface area contributed by atoms with Crippen LogP contribution in [0, 0.1) is 5.41 Å². The molecule has 152 valence electrons. The standard InChI is InChI=1S/C24H24N4O2/c1-24(2)13-17-20(18(29)14-24)21(16-11-7-8-12-19(16)30-3)28-23(25-17)26-22(27-28)15-9-5-4-6-10-15/h4-12,21H,13-14H2,1-3H3,(H,25,26,27). The molecule has 1 aromatic heterocycles. The van der Waals surface area contributed by atoms with Gasteiger partial charge in [0, 0.05) is 28.8 Å². The molecule has 6 heteroatoms. The summed E-state index contributed by atoms with van der Waals surface area (Å²) in [7, 11) is 1.65. The van der Waals surface area contributed by atoms with E-state index in [4.69, 9.17) is 14.8 Å². The molecule has 1 N–H and O–H groups in total. The number of carbonyl (C=O) groups excluding carboxylic acids is 1. The molecule has 30 heavy (non-hydrogen) atoms. The molecule has 2 aliphatic rings. The van der Waals surface area contributed by atoms with Crippen molar-refractivity contribution in [2.24, 2.45) is 5.41 Å². The molecule has 1 aliphatic carbocycles.